The first-order valence-electron chi connectivity index (χ1n) is 10.4. The molecule has 0 bridgehead atoms. The molecular weight excluding hydrogens is 380 g/mol. The number of H-pyrrole nitrogens is 1. The Bertz CT molecular complexity index is 1090. The van der Waals surface area contributed by atoms with E-state index in [0.717, 1.165) is 43.1 Å². The maximum absolute atomic E-state index is 11.3. The lowest BCUT2D eigenvalue weighted by atomic mass is 9.89. The van der Waals surface area contributed by atoms with Gasteiger partial charge in [0, 0.05) is 53.6 Å². The number of nitrogens with zero attached hydrogens (tertiary/aromatic N) is 1. The van der Waals surface area contributed by atoms with E-state index < -0.39 is 5.97 Å². The monoisotopic (exact) mass is 406 g/mol. The van der Waals surface area contributed by atoms with Crippen molar-refractivity contribution in [3.05, 3.63) is 64.8 Å². The van der Waals surface area contributed by atoms with Gasteiger partial charge in [0.05, 0.1) is 25.9 Å². The van der Waals surface area contributed by atoms with Crippen LogP contribution < -0.4 is 4.74 Å². The normalized spacial score (nSPS) is 23.7. The number of aromatic nitrogens is 1. The van der Waals surface area contributed by atoms with Gasteiger partial charge in [-0.25, -0.2) is 4.79 Å². The second-order valence-electron chi connectivity index (χ2n) is 8.40. The number of hydrogen-bond acceptors (Lipinski definition) is 4. The predicted molar refractivity (Wildman–Crippen MR) is 114 cm³/mol. The second kappa shape index (κ2) is 7.45. The minimum absolute atomic E-state index is 0.195. The molecule has 2 saturated heterocycles. The number of carbonyl (C=O) groups is 1. The summed E-state index contributed by atoms with van der Waals surface area (Å²) in [7, 11) is 1.73. The van der Waals surface area contributed by atoms with Crippen molar-refractivity contribution in [2.75, 3.05) is 26.9 Å². The minimum Gasteiger partial charge on any atom is -0.496 e. The lowest BCUT2D eigenvalue weighted by molar-refractivity contribution is 0.0696. The summed E-state index contributed by atoms with van der Waals surface area (Å²) in [6.07, 6.45) is 1.98. The van der Waals surface area contributed by atoms with E-state index in [4.69, 9.17) is 9.47 Å². The summed E-state index contributed by atoms with van der Waals surface area (Å²) in [6, 6.07) is 11.7. The Labute approximate surface area is 175 Å². The van der Waals surface area contributed by atoms with Crippen LogP contribution in [0, 0.1) is 18.8 Å². The molecule has 6 heteroatoms. The molecule has 0 aliphatic carbocycles. The van der Waals surface area contributed by atoms with E-state index in [1.165, 1.54) is 16.5 Å². The van der Waals surface area contributed by atoms with Gasteiger partial charge >= 0.3 is 5.97 Å². The average Bonchev–Trinajstić information content (AvgIpc) is 3.46. The third-order valence-electron chi connectivity index (χ3n) is 6.71. The molecule has 0 spiro atoms. The van der Waals surface area contributed by atoms with Crippen molar-refractivity contribution in [2.24, 2.45) is 11.8 Å². The molecule has 0 saturated carbocycles. The van der Waals surface area contributed by atoms with Crippen LogP contribution in [0.2, 0.25) is 0 Å². The number of benzene rings is 2. The van der Waals surface area contributed by atoms with E-state index in [1.54, 1.807) is 19.2 Å². The lowest BCUT2D eigenvalue weighted by Crippen LogP contribution is -2.27. The number of likely N-dealkylation sites (tertiary alicyclic amines) is 1. The van der Waals surface area contributed by atoms with Crippen molar-refractivity contribution in [1.29, 1.82) is 0 Å². The third kappa shape index (κ3) is 3.07. The highest BCUT2D eigenvalue weighted by atomic mass is 16.5. The maximum atomic E-state index is 11.3. The Morgan fingerprint density at radius 2 is 2.07 bits per heavy atom. The molecule has 2 aliphatic rings. The molecule has 2 aliphatic heterocycles. The summed E-state index contributed by atoms with van der Waals surface area (Å²) in [5.74, 6) is 0.921. The largest absolute Gasteiger partial charge is 0.496 e. The number of aryl methyl sites for hydroxylation is 1. The molecule has 3 atom stereocenters. The summed E-state index contributed by atoms with van der Waals surface area (Å²) in [5.41, 5.74) is 4.97. The number of nitrogens with one attached hydrogen (secondary N) is 1. The molecule has 3 heterocycles. The Morgan fingerprint density at radius 1 is 1.27 bits per heavy atom. The Morgan fingerprint density at radius 3 is 2.80 bits per heavy atom. The number of carboxylic acids is 1. The number of carboxylic acid groups (broad SMARTS) is 1. The van der Waals surface area contributed by atoms with E-state index in [0.29, 0.717) is 17.4 Å². The van der Waals surface area contributed by atoms with E-state index in [2.05, 4.69) is 28.9 Å². The number of methoxy groups -OCH3 is 1. The minimum atomic E-state index is -0.897. The molecule has 2 aromatic carbocycles. The molecule has 156 valence electrons. The third-order valence-corrected chi connectivity index (χ3v) is 6.71. The number of hydrogen-bond donors (Lipinski definition) is 2. The van der Waals surface area contributed by atoms with Gasteiger partial charge in [0.15, 0.2) is 0 Å². The van der Waals surface area contributed by atoms with Gasteiger partial charge in [0.2, 0.25) is 0 Å². The van der Waals surface area contributed by atoms with Crippen LogP contribution in [0.15, 0.2) is 42.6 Å². The van der Waals surface area contributed by atoms with Gasteiger partial charge in [-0.3, -0.25) is 4.90 Å². The van der Waals surface area contributed by atoms with Crippen molar-refractivity contribution >= 4 is 16.9 Å². The van der Waals surface area contributed by atoms with Crippen LogP contribution >= 0.6 is 0 Å². The van der Waals surface area contributed by atoms with Crippen LogP contribution in [0.3, 0.4) is 0 Å². The maximum Gasteiger partial charge on any atom is 0.335 e. The number of aromatic carboxylic acids is 1. The van der Waals surface area contributed by atoms with Crippen molar-refractivity contribution in [1.82, 2.24) is 9.88 Å². The number of fused-ring (bicyclic) bond motifs is 2. The van der Waals surface area contributed by atoms with Gasteiger partial charge in [-0.15, -0.1) is 0 Å². The molecule has 1 aromatic heterocycles. The molecule has 2 fully saturated rings. The van der Waals surface area contributed by atoms with Crippen molar-refractivity contribution in [2.45, 2.75) is 19.5 Å². The van der Waals surface area contributed by atoms with E-state index in [-0.39, 0.29) is 6.04 Å². The average molecular weight is 406 g/mol. The molecule has 6 nitrogen and oxygen atoms in total. The van der Waals surface area contributed by atoms with E-state index in [9.17, 15) is 9.90 Å². The Hall–Kier alpha value is -2.83. The van der Waals surface area contributed by atoms with Gasteiger partial charge in [-0.2, -0.15) is 0 Å². The highest BCUT2D eigenvalue weighted by molar-refractivity contribution is 5.88. The fourth-order valence-corrected chi connectivity index (χ4v) is 5.27. The molecular formula is C24H26N2O4. The molecule has 0 unspecified atom stereocenters. The SMILES string of the molecule is COc1cc(C)c2[nH]ccc2c1CN1C[C@@H]2COC[C@@H]2[C@@H]1c1ccc(C(=O)O)cc1. The number of rotatable bonds is 5. The summed E-state index contributed by atoms with van der Waals surface area (Å²) in [4.78, 5) is 17.1. The fraction of sp³-hybridized carbons (Fsp3) is 0.375. The van der Waals surface area contributed by atoms with Gasteiger partial charge in [0.25, 0.3) is 0 Å². The molecule has 3 aromatic rings. The molecule has 2 N–H and O–H groups in total. The summed E-state index contributed by atoms with van der Waals surface area (Å²) >= 11 is 0. The molecule has 0 amide bonds. The zero-order valence-corrected chi connectivity index (χ0v) is 17.2. The highest BCUT2D eigenvalue weighted by Crippen LogP contribution is 2.46. The van der Waals surface area contributed by atoms with Crippen molar-refractivity contribution in [3.8, 4) is 5.75 Å². The lowest BCUT2D eigenvalue weighted by Gasteiger charge is -2.29. The predicted octanol–water partition coefficient (Wildman–Crippen LogP) is 4.00. The van der Waals surface area contributed by atoms with Crippen LogP contribution in [0.5, 0.6) is 5.75 Å². The number of ether oxygens (including phenoxy) is 2. The number of aromatic amines is 1. The zero-order valence-electron chi connectivity index (χ0n) is 17.2. The molecule has 30 heavy (non-hydrogen) atoms. The van der Waals surface area contributed by atoms with E-state index in [1.807, 2.05) is 18.3 Å². The van der Waals surface area contributed by atoms with Crippen LogP contribution in [0.1, 0.15) is 33.1 Å². The smallest absolute Gasteiger partial charge is 0.335 e. The Balaban J connectivity index is 1.53. The molecule has 5 rings (SSSR count). The van der Waals surface area contributed by atoms with Crippen molar-refractivity contribution in [3.63, 3.8) is 0 Å². The van der Waals surface area contributed by atoms with Crippen LogP contribution in [-0.4, -0.2) is 47.8 Å². The summed E-state index contributed by atoms with van der Waals surface area (Å²) < 4.78 is 11.6. The van der Waals surface area contributed by atoms with E-state index >= 15 is 0 Å². The first-order chi connectivity index (χ1) is 14.6. The molecule has 0 radical (unpaired) electrons. The fourth-order valence-electron chi connectivity index (χ4n) is 5.27. The first-order valence-corrected chi connectivity index (χ1v) is 10.4. The van der Waals surface area contributed by atoms with Crippen LogP contribution in [0.4, 0.5) is 0 Å². The first kappa shape index (κ1) is 19.2. The highest BCUT2D eigenvalue weighted by Gasteiger charge is 2.45. The van der Waals surface area contributed by atoms with Gasteiger partial charge < -0.3 is 19.6 Å². The van der Waals surface area contributed by atoms with Crippen LogP contribution in [0.25, 0.3) is 10.9 Å². The second-order valence-corrected chi connectivity index (χ2v) is 8.40. The summed E-state index contributed by atoms with van der Waals surface area (Å²) in [5, 5.41) is 10.4. The summed E-state index contributed by atoms with van der Waals surface area (Å²) in [6.45, 7) is 5.36. The topological polar surface area (TPSA) is 74.8 Å². The van der Waals surface area contributed by atoms with Crippen molar-refractivity contribution < 1.29 is 19.4 Å². The standard InChI is InChI=1S/C24H26N2O4/c1-14-9-21(29-2)19(18-7-8-25-22(14)18)11-26-10-17-12-30-13-20(17)23(26)15-3-5-16(6-4-15)24(27)28/h3-9,17,20,23,25H,10-13H2,1-2H3,(H,27,28)/t17-,20+,23+/m1/s1. The zero-order chi connectivity index (χ0) is 20.8. The Kier molecular flexibility index (Phi) is 4.76. The van der Waals surface area contributed by atoms with Crippen LogP contribution in [-0.2, 0) is 11.3 Å². The van der Waals surface area contributed by atoms with Gasteiger partial charge in [-0.1, -0.05) is 12.1 Å². The van der Waals surface area contributed by atoms with Gasteiger partial charge in [-0.05, 0) is 42.3 Å². The quantitative estimate of drug-likeness (QED) is 0.670. The van der Waals surface area contributed by atoms with Gasteiger partial charge in [0.1, 0.15) is 5.75 Å².